The summed E-state index contributed by atoms with van der Waals surface area (Å²) >= 11 is 3.75. The molecule has 1 aliphatic rings. The van der Waals surface area contributed by atoms with Crippen LogP contribution < -0.4 is 0 Å². The van der Waals surface area contributed by atoms with Gasteiger partial charge in [-0.15, -0.1) is 0 Å². The van der Waals surface area contributed by atoms with Gasteiger partial charge in [0.15, 0.2) is 0 Å². The third-order valence-electron chi connectivity index (χ3n) is 4.00. The van der Waals surface area contributed by atoms with Crippen molar-refractivity contribution < 1.29 is 4.43 Å². The van der Waals surface area contributed by atoms with E-state index in [4.69, 9.17) is 4.43 Å². The van der Waals surface area contributed by atoms with Crippen LogP contribution in [0.5, 0.6) is 0 Å². The number of hydrogen-bond acceptors (Lipinski definition) is 1. The molecule has 0 fully saturated rings. The second kappa shape index (κ2) is 4.53. The van der Waals surface area contributed by atoms with E-state index in [1.165, 1.54) is 11.1 Å². The minimum atomic E-state index is -1.75. The van der Waals surface area contributed by atoms with Crippen LogP contribution in [0.2, 0.25) is 18.1 Å². The Morgan fingerprint density at radius 1 is 1.17 bits per heavy atom. The van der Waals surface area contributed by atoms with E-state index in [9.17, 15) is 0 Å². The van der Waals surface area contributed by atoms with Gasteiger partial charge in [0.05, 0.1) is 10.6 Å². The number of rotatable bonds is 2. The first-order chi connectivity index (χ1) is 8.22. The normalized spacial score (nSPS) is 19.4. The Kier molecular flexibility index (Phi) is 3.49. The molecule has 1 unspecified atom stereocenters. The van der Waals surface area contributed by atoms with Crippen molar-refractivity contribution in [3.63, 3.8) is 0 Å². The molecule has 0 amide bonds. The molecule has 0 spiro atoms. The maximum Gasteiger partial charge on any atom is 0.250 e. The lowest BCUT2D eigenvalue weighted by molar-refractivity contribution is 0.380. The summed E-state index contributed by atoms with van der Waals surface area (Å²) in [5.41, 5.74) is 2.58. The number of fused-ring (bicyclic) bond motifs is 1. The molecule has 18 heavy (non-hydrogen) atoms. The maximum atomic E-state index is 6.41. The van der Waals surface area contributed by atoms with Crippen molar-refractivity contribution in [2.75, 3.05) is 0 Å². The fourth-order valence-corrected chi connectivity index (χ4v) is 3.67. The minimum absolute atomic E-state index is 0.211. The smallest absolute Gasteiger partial charge is 0.250 e. The Labute approximate surface area is 120 Å². The highest BCUT2D eigenvalue weighted by atomic mass is 79.9. The summed E-state index contributed by atoms with van der Waals surface area (Å²) < 4.78 is 6.41. The Morgan fingerprint density at radius 2 is 1.78 bits per heavy atom. The average Bonchev–Trinajstić information content (AvgIpc) is 2.54. The zero-order valence-electron chi connectivity index (χ0n) is 11.8. The van der Waals surface area contributed by atoms with E-state index in [1.807, 2.05) is 0 Å². The van der Waals surface area contributed by atoms with E-state index < -0.39 is 8.32 Å². The number of hydrogen-bond donors (Lipinski definition) is 0. The molecule has 0 saturated heterocycles. The third-order valence-corrected chi connectivity index (χ3v) is 9.30. The fourth-order valence-electron chi connectivity index (χ4n) is 1.78. The van der Waals surface area contributed by atoms with Gasteiger partial charge < -0.3 is 4.43 Å². The van der Waals surface area contributed by atoms with Gasteiger partial charge in [-0.2, -0.15) is 0 Å². The Hall–Kier alpha value is -0.543. The molecule has 98 valence electrons. The molecule has 0 aromatic heterocycles. The highest BCUT2D eigenvalue weighted by molar-refractivity contribution is 9.09. The van der Waals surface area contributed by atoms with Gasteiger partial charge in [-0.25, -0.2) is 0 Å². The van der Waals surface area contributed by atoms with Crippen LogP contribution in [0, 0.1) is 0 Å². The molecular formula is C15H21BrOSi. The zero-order valence-corrected chi connectivity index (χ0v) is 14.3. The second-order valence-electron chi connectivity index (χ2n) is 6.40. The number of allylic oxidation sites excluding steroid dienone is 1. The summed E-state index contributed by atoms with van der Waals surface area (Å²) in [6.45, 7) is 11.4. The molecule has 1 nitrogen and oxygen atoms in total. The van der Waals surface area contributed by atoms with E-state index in [2.05, 4.69) is 80.1 Å². The molecule has 0 heterocycles. The molecule has 1 aromatic carbocycles. The van der Waals surface area contributed by atoms with E-state index in [0.29, 0.717) is 0 Å². The number of benzene rings is 1. The molecule has 1 aromatic rings. The van der Waals surface area contributed by atoms with Crippen molar-refractivity contribution in [3.8, 4) is 0 Å². The molecule has 0 radical (unpaired) electrons. The molecule has 0 N–H and O–H groups in total. The molecular weight excluding hydrogens is 304 g/mol. The van der Waals surface area contributed by atoms with Gasteiger partial charge in [-0.1, -0.05) is 61.0 Å². The van der Waals surface area contributed by atoms with Gasteiger partial charge in [-0.3, -0.25) is 0 Å². The van der Waals surface area contributed by atoms with Gasteiger partial charge in [0.1, 0.15) is 0 Å². The summed E-state index contributed by atoms with van der Waals surface area (Å²) in [6, 6.07) is 8.46. The van der Waals surface area contributed by atoms with Crippen LogP contribution in [0.1, 0.15) is 36.7 Å². The van der Waals surface area contributed by atoms with E-state index in [-0.39, 0.29) is 9.87 Å². The van der Waals surface area contributed by atoms with Crippen molar-refractivity contribution >= 4 is 30.3 Å². The minimum Gasteiger partial charge on any atom is -0.545 e. The SMILES string of the molecule is CC(C)(C)[Si](C)(C)OC1=Cc2ccccc2C1Br. The van der Waals surface area contributed by atoms with Crippen LogP contribution >= 0.6 is 15.9 Å². The summed E-state index contributed by atoms with van der Waals surface area (Å²) in [6.07, 6.45) is 2.18. The second-order valence-corrected chi connectivity index (χ2v) is 12.0. The summed E-state index contributed by atoms with van der Waals surface area (Å²) in [5.74, 6) is 1.07. The van der Waals surface area contributed by atoms with Crippen molar-refractivity contribution in [2.24, 2.45) is 0 Å². The monoisotopic (exact) mass is 324 g/mol. The highest BCUT2D eigenvalue weighted by Crippen LogP contribution is 2.46. The van der Waals surface area contributed by atoms with Crippen molar-refractivity contribution in [3.05, 3.63) is 41.2 Å². The molecule has 1 aliphatic carbocycles. The van der Waals surface area contributed by atoms with Crippen molar-refractivity contribution in [2.45, 2.75) is 43.7 Å². The van der Waals surface area contributed by atoms with Crippen molar-refractivity contribution in [1.29, 1.82) is 0 Å². The molecule has 0 bridgehead atoms. The lowest BCUT2D eigenvalue weighted by atomic mass is 10.1. The molecule has 1 atom stereocenters. The van der Waals surface area contributed by atoms with E-state index in [0.717, 1.165) is 5.76 Å². The summed E-state index contributed by atoms with van der Waals surface area (Å²) in [5, 5.41) is 0.231. The third kappa shape index (κ3) is 2.43. The first-order valence-electron chi connectivity index (χ1n) is 6.36. The molecule has 0 aliphatic heterocycles. The topological polar surface area (TPSA) is 9.23 Å². The Bertz CT molecular complexity index is 486. The average molecular weight is 325 g/mol. The zero-order chi connectivity index (χ0) is 13.6. The molecule has 2 rings (SSSR count). The predicted octanol–water partition coefficient (Wildman–Crippen LogP) is 5.50. The van der Waals surface area contributed by atoms with Crippen LogP contribution in [0.4, 0.5) is 0 Å². The van der Waals surface area contributed by atoms with Gasteiger partial charge >= 0.3 is 0 Å². The highest BCUT2D eigenvalue weighted by Gasteiger charge is 2.41. The lowest BCUT2D eigenvalue weighted by Gasteiger charge is -2.37. The van der Waals surface area contributed by atoms with Crippen LogP contribution in [0.25, 0.3) is 6.08 Å². The van der Waals surface area contributed by atoms with Crippen LogP contribution in [0.3, 0.4) is 0 Å². The lowest BCUT2D eigenvalue weighted by Crippen LogP contribution is -2.40. The Morgan fingerprint density at radius 3 is 2.33 bits per heavy atom. The predicted molar refractivity (Wildman–Crippen MR) is 84.4 cm³/mol. The van der Waals surface area contributed by atoms with Gasteiger partial charge in [0.2, 0.25) is 8.32 Å². The Balaban J connectivity index is 2.24. The standard InChI is InChI=1S/C15H21BrOSi/c1-15(2,3)18(4,5)17-13-10-11-8-6-7-9-12(11)14(13)16/h6-10,14H,1-5H3. The molecule has 0 saturated carbocycles. The van der Waals surface area contributed by atoms with Gasteiger partial charge in [0.25, 0.3) is 0 Å². The number of alkyl halides is 1. The van der Waals surface area contributed by atoms with E-state index >= 15 is 0 Å². The largest absolute Gasteiger partial charge is 0.545 e. The summed E-state index contributed by atoms with van der Waals surface area (Å²) in [7, 11) is -1.75. The van der Waals surface area contributed by atoms with Gasteiger partial charge in [-0.05, 0) is 35.3 Å². The molecule has 3 heteroatoms. The summed E-state index contributed by atoms with van der Waals surface area (Å²) in [4.78, 5) is 0.211. The first-order valence-corrected chi connectivity index (χ1v) is 10.2. The fraction of sp³-hybridized carbons (Fsp3) is 0.467. The maximum absolute atomic E-state index is 6.41. The number of halogens is 1. The first kappa shape index (κ1) is 13.9. The van der Waals surface area contributed by atoms with Crippen LogP contribution in [-0.4, -0.2) is 8.32 Å². The van der Waals surface area contributed by atoms with Crippen molar-refractivity contribution in [1.82, 2.24) is 0 Å². The quantitative estimate of drug-likeness (QED) is 0.515. The van der Waals surface area contributed by atoms with Gasteiger partial charge in [0, 0.05) is 0 Å². The van der Waals surface area contributed by atoms with E-state index in [1.54, 1.807) is 0 Å². The van der Waals surface area contributed by atoms with Crippen LogP contribution in [-0.2, 0) is 4.43 Å². The van der Waals surface area contributed by atoms with Crippen LogP contribution in [0.15, 0.2) is 30.0 Å².